The third-order valence-corrected chi connectivity index (χ3v) is 3.12. The van der Waals surface area contributed by atoms with Gasteiger partial charge in [0.05, 0.1) is 7.11 Å². The molecule has 5 N–H and O–H groups in total. The molecule has 108 valence electrons. The molecule has 0 aliphatic heterocycles. The maximum absolute atomic E-state index is 10.2. The molecule has 0 spiro atoms. The van der Waals surface area contributed by atoms with E-state index in [1.807, 2.05) is 6.08 Å². The first-order valence-electron chi connectivity index (χ1n) is 6.06. The summed E-state index contributed by atoms with van der Waals surface area (Å²) in [5, 5.41) is 10.2. The minimum atomic E-state index is -1.38. The van der Waals surface area contributed by atoms with E-state index in [1.54, 1.807) is 6.20 Å². The van der Waals surface area contributed by atoms with E-state index < -0.39 is 5.79 Å². The standard InChI is InChI=1S/C13H18N4O3/c1-19-10-4-8(5-13(18,6-10)20-2)3-9-7-16-12(15)17-11(9)14/h4,6-7,18H,3,5H2,1-2H3,(H4,14,15,16,17). The lowest BCUT2D eigenvalue weighted by atomic mass is 9.93. The molecule has 1 aliphatic carbocycles. The average molecular weight is 278 g/mol. The Kier molecular flexibility index (Phi) is 3.91. The second-order valence-electron chi connectivity index (χ2n) is 4.59. The number of aromatic nitrogens is 2. The van der Waals surface area contributed by atoms with Gasteiger partial charge in [0.1, 0.15) is 11.6 Å². The van der Waals surface area contributed by atoms with Crippen molar-refractivity contribution in [3.63, 3.8) is 0 Å². The van der Waals surface area contributed by atoms with E-state index in [1.165, 1.54) is 20.3 Å². The molecular weight excluding hydrogens is 260 g/mol. The maximum atomic E-state index is 10.2. The van der Waals surface area contributed by atoms with Crippen LogP contribution in [0.3, 0.4) is 0 Å². The molecule has 1 aromatic heterocycles. The number of hydrogen-bond acceptors (Lipinski definition) is 7. The van der Waals surface area contributed by atoms with Crippen LogP contribution in [0.15, 0.2) is 29.7 Å². The summed E-state index contributed by atoms with van der Waals surface area (Å²) in [6.45, 7) is 0. The van der Waals surface area contributed by atoms with Gasteiger partial charge in [-0.1, -0.05) is 5.57 Å². The molecule has 0 saturated heterocycles. The van der Waals surface area contributed by atoms with Crippen molar-refractivity contribution < 1.29 is 14.6 Å². The van der Waals surface area contributed by atoms with Crippen molar-refractivity contribution in [2.24, 2.45) is 0 Å². The van der Waals surface area contributed by atoms with Crippen molar-refractivity contribution in [1.82, 2.24) is 9.97 Å². The number of aliphatic hydroxyl groups is 1. The van der Waals surface area contributed by atoms with Crippen molar-refractivity contribution in [2.45, 2.75) is 18.6 Å². The van der Waals surface area contributed by atoms with Gasteiger partial charge in [-0.3, -0.25) is 0 Å². The first-order valence-corrected chi connectivity index (χ1v) is 6.06. The Labute approximate surface area is 116 Å². The number of nitrogen functional groups attached to an aromatic ring is 2. The number of ether oxygens (including phenoxy) is 2. The molecule has 0 saturated carbocycles. The van der Waals surface area contributed by atoms with Gasteiger partial charge in [-0.15, -0.1) is 0 Å². The van der Waals surface area contributed by atoms with Gasteiger partial charge in [0.2, 0.25) is 5.95 Å². The van der Waals surface area contributed by atoms with E-state index in [9.17, 15) is 5.11 Å². The topological polar surface area (TPSA) is 117 Å². The van der Waals surface area contributed by atoms with Gasteiger partial charge >= 0.3 is 0 Å². The third kappa shape index (κ3) is 3.06. The normalized spacial score (nSPS) is 22.1. The van der Waals surface area contributed by atoms with Crippen LogP contribution in [0, 0.1) is 0 Å². The molecule has 1 unspecified atom stereocenters. The van der Waals surface area contributed by atoms with Crippen LogP contribution in [0.4, 0.5) is 11.8 Å². The predicted molar refractivity (Wildman–Crippen MR) is 74.3 cm³/mol. The van der Waals surface area contributed by atoms with E-state index in [4.69, 9.17) is 20.9 Å². The van der Waals surface area contributed by atoms with Crippen molar-refractivity contribution in [2.75, 3.05) is 25.7 Å². The number of methoxy groups -OCH3 is 2. The van der Waals surface area contributed by atoms with Gasteiger partial charge in [0, 0.05) is 31.4 Å². The van der Waals surface area contributed by atoms with E-state index in [0.29, 0.717) is 24.4 Å². The number of hydrogen-bond donors (Lipinski definition) is 3. The summed E-state index contributed by atoms with van der Waals surface area (Å²) in [5.74, 6) is -0.382. The molecule has 20 heavy (non-hydrogen) atoms. The summed E-state index contributed by atoms with van der Waals surface area (Å²) in [4.78, 5) is 7.83. The smallest absolute Gasteiger partial charge is 0.221 e. The number of nitrogens with two attached hydrogens (primary N) is 2. The lowest BCUT2D eigenvalue weighted by Crippen LogP contribution is -2.32. The first kappa shape index (κ1) is 14.3. The quantitative estimate of drug-likeness (QED) is 0.681. The van der Waals surface area contributed by atoms with Crippen LogP contribution in [-0.4, -0.2) is 35.1 Å². The highest BCUT2D eigenvalue weighted by molar-refractivity contribution is 5.44. The van der Waals surface area contributed by atoms with Crippen molar-refractivity contribution in [1.29, 1.82) is 0 Å². The van der Waals surface area contributed by atoms with E-state index in [2.05, 4.69) is 9.97 Å². The zero-order chi connectivity index (χ0) is 14.8. The molecule has 0 amide bonds. The Morgan fingerprint density at radius 2 is 2.15 bits per heavy atom. The Morgan fingerprint density at radius 3 is 2.75 bits per heavy atom. The molecule has 1 aromatic rings. The zero-order valence-corrected chi connectivity index (χ0v) is 11.5. The summed E-state index contributed by atoms with van der Waals surface area (Å²) >= 11 is 0. The number of nitrogens with zero attached hydrogens (tertiary/aromatic N) is 2. The SMILES string of the molecule is COC1=CC(O)(OC)CC(Cc2cnc(N)nc2N)=C1. The van der Waals surface area contributed by atoms with Crippen LogP contribution >= 0.6 is 0 Å². The van der Waals surface area contributed by atoms with Gasteiger partial charge in [-0.2, -0.15) is 4.98 Å². The van der Waals surface area contributed by atoms with Gasteiger partial charge in [-0.25, -0.2) is 4.98 Å². The van der Waals surface area contributed by atoms with Gasteiger partial charge < -0.3 is 26.0 Å². The molecule has 1 aliphatic rings. The van der Waals surface area contributed by atoms with Gasteiger partial charge in [-0.05, 0) is 12.5 Å². The first-order chi connectivity index (χ1) is 9.45. The third-order valence-electron chi connectivity index (χ3n) is 3.12. The van der Waals surface area contributed by atoms with Crippen LogP contribution in [-0.2, 0) is 15.9 Å². The highest BCUT2D eigenvalue weighted by atomic mass is 16.6. The fraction of sp³-hybridized carbons (Fsp3) is 0.385. The molecule has 0 bridgehead atoms. The monoisotopic (exact) mass is 278 g/mol. The zero-order valence-electron chi connectivity index (χ0n) is 11.5. The lowest BCUT2D eigenvalue weighted by molar-refractivity contribution is -0.147. The van der Waals surface area contributed by atoms with Crippen LogP contribution < -0.4 is 11.5 Å². The van der Waals surface area contributed by atoms with Crippen molar-refractivity contribution in [3.05, 3.63) is 35.2 Å². The maximum Gasteiger partial charge on any atom is 0.221 e. The molecule has 7 heteroatoms. The Balaban J connectivity index is 2.24. The minimum Gasteiger partial charge on any atom is -0.497 e. The van der Waals surface area contributed by atoms with Crippen LogP contribution in [0.1, 0.15) is 12.0 Å². The Morgan fingerprint density at radius 1 is 1.40 bits per heavy atom. The molecule has 2 rings (SSSR count). The molecule has 1 atom stereocenters. The van der Waals surface area contributed by atoms with Crippen LogP contribution in [0.2, 0.25) is 0 Å². The summed E-state index contributed by atoms with van der Waals surface area (Å²) in [6.07, 6.45) is 5.75. The van der Waals surface area contributed by atoms with E-state index in [-0.39, 0.29) is 5.95 Å². The predicted octanol–water partition coefficient (Wildman–Crippen LogP) is 0.379. The molecule has 0 radical (unpaired) electrons. The highest BCUT2D eigenvalue weighted by Gasteiger charge is 2.30. The summed E-state index contributed by atoms with van der Waals surface area (Å²) in [7, 11) is 2.97. The number of rotatable bonds is 4. The fourth-order valence-corrected chi connectivity index (χ4v) is 2.07. The van der Waals surface area contributed by atoms with E-state index >= 15 is 0 Å². The van der Waals surface area contributed by atoms with Crippen LogP contribution in [0.25, 0.3) is 0 Å². The number of allylic oxidation sites excluding steroid dienone is 1. The number of anilines is 2. The fourth-order valence-electron chi connectivity index (χ4n) is 2.07. The summed E-state index contributed by atoms with van der Waals surface area (Å²) < 4.78 is 10.3. The van der Waals surface area contributed by atoms with Crippen LogP contribution in [0.5, 0.6) is 0 Å². The van der Waals surface area contributed by atoms with Crippen molar-refractivity contribution >= 4 is 11.8 Å². The van der Waals surface area contributed by atoms with Gasteiger partial charge in [0.25, 0.3) is 0 Å². The highest BCUT2D eigenvalue weighted by Crippen LogP contribution is 2.30. The summed E-state index contributed by atoms with van der Waals surface area (Å²) in [6, 6.07) is 0. The lowest BCUT2D eigenvalue weighted by Gasteiger charge is -2.28. The van der Waals surface area contributed by atoms with E-state index in [0.717, 1.165) is 11.1 Å². The largest absolute Gasteiger partial charge is 0.497 e. The second-order valence-corrected chi connectivity index (χ2v) is 4.59. The molecular formula is C13H18N4O3. The Hall–Kier alpha value is -2.12. The summed E-state index contributed by atoms with van der Waals surface area (Å²) in [5.41, 5.74) is 12.9. The molecule has 0 fully saturated rings. The Bertz CT molecular complexity index is 571. The van der Waals surface area contributed by atoms with Gasteiger partial charge in [0.15, 0.2) is 5.79 Å². The molecule has 1 heterocycles. The molecule has 7 nitrogen and oxygen atoms in total. The average Bonchev–Trinajstić information content (AvgIpc) is 2.41. The second kappa shape index (κ2) is 5.48. The molecule has 0 aromatic carbocycles. The van der Waals surface area contributed by atoms with Crippen molar-refractivity contribution in [3.8, 4) is 0 Å². The minimum absolute atomic E-state index is 0.134.